The fraction of sp³-hybridized carbons (Fsp3) is 0.114. The van der Waals surface area contributed by atoms with E-state index in [0.29, 0.717) is 12.0 Å². The predicted octanol–water partition coefficient (Wildman–Crippen LogP) is 16.5. The molecule has 5 aliphatic carbocycles. The van der Waals surface area contributed by atoms with Crippen LogP contribution in [0.3, 0.4) is 0 Å². The molecule has 324 valence electrons. The summed E-state index contributed by atoms with van der Waals surface area (Å²) >= 11 is 0. The van der Waals surface area contributed by atoms with Crippen LogP contribution in [0, 0.1) is 0 Å². The minimum absolute atomic E-state index is 0.0728. The number of allylic oxidation sites excluding steroid dienone is 1. The average Bonchev–Trinajstić information content (AvgIpc) is 4.04. The van der Waals surface area contributed by atoms with E-state index in [1.54, 1.807) is 118 Å². The standard InChI is InChI=1S/C70H14O5/c1-7(71)74-4-9-3-69-64-56-48-38-28-20-12-10-11-14-18-16(12)24-32-26(18)36-30-22(14)23-15(11)19-17-13(10)21(20)29-35-25(17)33-27(19)37-31(23)41-40(30)50-44(36)54-46(32)52(42(48)34(24)28)58(64)60(54)66-62(50)63-51(41)45(37)55-47(33)53-43(35)49(39(29)38)57(56)65(69)59(53)61(55)67(63)70(66,69)5-68(9,73)6-75-8(2)72/h3,73H,4-6H2,1-2H3. The third-order valence-corrected chi connectivity index (χ3v) is 26.1. The van der Waals surface area contributed by atoms with Gasteiger partial charge in [-0.25, -0.2) is 0 Å². The molecule has 0 bridgehead atoms. The summed E-state index contributed by atoms with van der Waals surface area (Å²) in [5.74, 6) is -0.807. The van der Waals surface area contributed by atoms with Crippen LogP contribution in [0.15, 0.2) is 11.6 Å². The summed E-state index contributed by atoms with van der Waals surface area (Å²) in [6.07, 6.45) is 2.81. The van der Waals surface area contributed by atoms with Crippen molar-refractivity contribution in [2.24, 2.45) is 0 Å². The molecule has 0 saturated carbocycles. The molecule has 75 heavy (non-hydrogen) atoms. The molecule has 0 aromatic heterocycles. The number of esters is 2. The van der Waals surface area contributed by atoms with Crippen LogP contribution < -0.4 is 0 Å². The van der Waals surface area contributed by atoms with E-state index in [1.807, 2.05) is 0 Å². The van der Waals surface area contributed by atoms with Crippen molar-refractivity contribution < 1.29 is 24.2 Å². The first-order valence-corrected chi connectivity index (χ1v) is 27.4. The minimum atomic E-state index is -1.64. The molecule has 28 aromatic carbocycles. The normalized spacial score (nSPS) is 23.8. The number of ether oxygens (including phenoxy) is 2. The molecule has 5 nitrogen and oxygen atoms in total. The lowest BCUT2D eigenvalue weighted by molar-refractivity contribution is -0.150. The summed E-state index contributed by atoms with van der Waals surface area (Å²) in [6, 6.07) is 0. The molecule has 0 radical (unpaired) electrons. The Morgan fingerprint density at radius 2 is 0.533 bits per heavy atom. The van der Waals surface area contributed by atoms with Gasteiger partial charge in [0.05, 0.1) is 5.41 Å². The first-order chi connectivity index (χ1) is 36.9. The lowest BCUT2D eigenvalue weighted by Crippen LogP contribution is -2.60. The van der Waals surface area contributed by atoms with Crippen LogP contribution in [0.25, 0.3) is 291 Å². The van der Waals surface area contributed by atoms with Crippen molar-refractivity contribution >= 4 is 303 Å². The summed E-state index contributed by atoms with van der Waals surface area (Å²) < 4.78 is 12.3. The van der Waals surface area contributed by atoms with Gasteiger partial charge in [0.15, 0.2) is 0 Å². The monoisotopic (exact) mass is 934 g/mol. The Labute approximate surface area is 408 Å². The zero-order chi connectivity index (χ0) is 46.0. The van der Waals surface area contributed by atoms with E-state index in [-0.39, 0.29) is 19.2 Å². The molecule has 2 spiro atoms. The van der Waals surface area contributed by atoms with Crippen molar-refractivity contribution in [2.75, 3.05) is 13.2 Å². The van der Waals surface area contributed by atoms with E-state index in [4.69, 9.17) is 9.47 Å². The van der Waals surface area contributed by atoms with Gasteiger partial charge in [-0.15, -0.1) is 0 Å². The smallest absolute Gasteiger partial charge is 0.302 e. The van der Waals surface area contributed by atoms with Crippen LogP contribution in [0.1, 0.15) is 42.5 Å². The molecule has 1 unspecified atom stereocenters. The van der Waals surface area contributed by atoms with Gasteiger partial charge in [-0.1, -0.05) is 6.08 Å². The van der Waals surface area contributed by atoms with Crippen LogP contribution >= 0.6 is 0 Å². The predicted molar refractivity (Wildman–Crippen MR) is 305 cm³/mol. The second-order valence-corrected chi connectivity index (χ2v) is 26.9. The van der Waals surface area contributed by atoms with Gasteiger partial charge in [0.2, 0.25) is 0 Å². The van der Waals surface area contributed by atoms with E-state index in [2.05, 4.69) is 6.08 Å². The number of rotatable bonds is 4. The van der Waals surface area contributed by atoms with Crippen LogP contribution in [0.4, 0.5) is 0 Å². The average molecular weight is 935 g/mol. The van der Waals surface area contributed by atoms with Gasteiger partial charge in [-0.2, -0.15) is 0 Å². The minimum Gasteiger partial charge on any atom is -0.462 e. The molecule has 0 heterocycles. The number of carbonyl (C=O) groups excluding carboxylic acids is 2. The van der Waals surface area contributed by atoms with Crippen LogP contribution in [-0.4, -0.2) is 35.9 Å². The highest BCUT2D eigenvalue weighted by Gasteiger charge is 2.72. The second kappa shape index (κ2) is 6.82. The molecule has 33 rings (SSSR count). The Bertz CT molecular complexity index is 7310. The third-order valence-electron chi connectivity index (χ3n) is 26.1. The molecule has 0 fully saturated rings. The van der Waals surface area contributed by atoms with Gasteiger partial charge in [-0.3, -0.25) is 9.59 Å². The topological polar surface area (TPSA) is 72.8 Å². The molecular formula is C70H14O5. The first-order valence-electron chi connectivity index (χ1n) is 27.4. The van der Waals surface area contributed by atoms with Crippen molar-refractivity contribution in [2.45, 2.75) is 36.7 Å². The molecule has 0 aliphatic heterocycles. The third kappa shape index (κ3) is 1.69. The van der Waals surface area contributed by atoms with E-state index in [0.717, 1.165) is 0 Å². The maximum Gasteiger partial charge on any atom is 0.302 e. The molecular weight excluding hydrogens is 921 g/mol. The fourth-order valence-corrected chi connectivity index (χ4v) is 25.7. The van der Waals surface area contributed by atoms with Gasteiger partial charge in [-0.05, 0) is 325 Å². The highest BCUT2D eigenvalue weighted by Crippen LogP contribution is 2.86. The number of hydrogen-bond donors (Lipinski definition) is 1. The zero-order valence-corrected chi connectivity index (χ0v) is 38.8. The molecule has 1 N–H and O–H groups in total. The van der Waals surface area contributed by atoms with Crippen LogP contribution in [0.5, 0.6) is 0 Å². The maximum atomic E-state index is 14.2. The van der Waals surface area contributed by atoms with Gasteiger partial charge in [0.1, 0.15) is 18.8 Å². The molecule has 5 heteroatoms. The van der Waals surface area contributed by atoms with E-state index in [1.165, 1.54) is 208 Å². The summed E-state index contributed by atoms with van der Waals surface area (Å²) in [5.41, 5.74) is 3.22. The summed E-state index contributed by atoms with van der Waals surface area (Å²) in [5, 5.41) is 96.4. The largest absolute Gasteiger partial charge is 0.462 e. The Balaban J connectivity index is 1.11. The molecule has 28 aromatic rings. The Morgan fingerprint density at radius 1 is 0.333 bits per heavy atom. The van der Waals surface area contributed by atoms with E-state index in [9.17, 15) is 14.7 Å². The summed E-state index contributed by atoms with van der Waals surface area (Å²) in [6.45, 7) is 2.65. The first kappa shape index (κ1) is 29.7. The molecule has 5 aliphatic rings. The van der Waals surface area contributed by atoms with E-state index >= 15 is 0 Å². The molecule has 1 atom stereocenters. The van der Waals surface area contributed by atoms with Gasteiger partial charge in [0.25, 0.3) is 0 Å². The zero-order valence-electron chi connectivity index (χ0n) is 38.8. The van der Waals surface area contributed by atoms with Crippen LogP contribution in [0.2, 0.25) is 0 Å². The number of aliphatic hydroxyl groups is 1. The Hall–Kier alpha value is -8.90. The van der Waals surface area contributed by atoms with Crippen LogP contribution in [-0.2, 0) is 29.9 Å². The number of carbonyl (C=O) groups is 2. The van der Waals surface area contributed by atoms with E-state index < -0.39 is 22.4 Å². The Kier molecular flexibility index (Phi) is 2.70. The lowest BCUT2D eigenvalue weighted by atomic mass is 9.43. The SMILES string of the molecule is CC(=O)OCC1=CC23c4c5c6c7c8c9c(c%10c%11c2c2c4c4c%12c5c5c6c6c8c8c%13c9c9c%10c%10c%11c%11c2c2c4c4c%12c%12c5c5c6c8c6c8c%13c9c9c%10c%10c%11c2c2c4c4c%12c5c6c5c8c9c%10c2c45)C73CC1(O)COC(C)=O. The van der Waals surface area contributed by atoms with Gasteiger partial charge in [0, 0.05) is 19.3 Å². The van der Waals surface area contributed by atoms with Crippen molar-refractivity contribution in [1.82, 2.24) is 0 Å². The highest BCUT2D eigenvalue weighted by molar-refractivity contribution is 6.82. The summed E-state index contributed by atoms with van der Waals surface area (Å²) in [4.78, 5) is 26.4. The number of hydrogen-bond acceptors (Lipinski definition) is 5. The lowest BCUT2D eigenvalue weighted by Gasteiger charge is -2.58. The number of benzene rings is 18. The van der Waals surface area contributed by atoms with Gasteiger partial charge < -0.3 is 14.6 Å². The maximum absolute atomic E-state index is 14.2. The van der Waals surface area contributed by atoms with Crippen molar-refractivity contribution in [1.29, 1.82) is 0 Å². The highest BCUT2D eigenvalue weighted by atomic mass is 16.5. The van der Waals surface area contributed by atoms with Crippen molar-refractivity contribution in [3.8, 4) is 0 Å². The fourth-order valence-electron chi connectivity index (χ4n) is 25.7. The van der Waals surface area contributed by atoms with Crippen molar-refractivity contribution in [3.63, 3.8) is 0 Å². The molecule has 0 amide bonds. The molecule has 0 saturated heterocycles. The van der Waals surface area contributed by atoms with Crippen molar-refractivity contribution in [3.05, 3.63) is 33.9 Å². The second-order valence-electron chi connectivity index (χ2n) is 26.9. The Morgan fingerprint density at radius 3 is 0.747 bits per heavy atom. The summed E-state index contributed by atoms with van der Waals surface area (Å²) in [7, 11) is 0. The quantitative estimate of drug-likeness (QED) is 0.108. The van der Waals surface area contributed by atoms with Gasteiger partial charge >= 0.3 is 11.9 Å².